The van der Waals surface area contributed by atoms with Crippen molar-refractivity contribution in [3.05, 3.63) is 0 Å². The Morgan fingerprint density at radius 1 is 1.29 bits per heavy atom. The van der Waals surface area contributed by atoms with Gasteiger partial charge in [-0.2, -0.15) is 0 Å². The van der Waals surface area contributed by atoms with Crippen LogP contribution >= 0.6 is 0 Å². The molecule has 0 aliphatic carbocycles. The van der Waals surface area contributed by atoms with Crippen molar-refractivity contribution in [1.82, 2.24) is 0 Å². The van der Waals surface area contributed by atoms with Gasteiger partial charge in [0.25, 0.3) is 0 Å². The van der Waals surface area contributed by atoms with E-state index in [0.29, 0.717) is 6.61 Å². The number of cyclic esters (lactones) is 1. The summed E-state index contributed by atoms with van der Waals surface area (Å²) in [6, 6.07) is 0. The molecule has 94 valence electrons. The van der Waals surface area contributed by atoms with E-state index in [1.54, 1.807) is 0 Å². The number of fused-ring (bicyclic) bond motifs is 5. The molecule has 0 amide bonds. The number of rotatable bonds is 3. The fourth-order valence-corrected chi connectivity index (χ4v) is 3.38. The number of esters is 1. The third-order valence-corrected chi connectivity index (χ3v) is 4.41. The molecule has 0 aromatic rings. The van der Waals surface area contributed by atoms with Crippen LogP contribution in [0, 0.1) is 11.8 Å². The van der Waals surface area contributed by atoms with Crippen molar-refractivity contribution in [2.45, 2.75) is 50.5 Å². The van der Waals surface area contributed by atoms with Gasteiger partial charge in [-0.25, -0.2) is 0 Å². The van der Waals surface area contributed by atoms with Gasteiger partial charge in [0.1, 0.15) is 6.10 Å². The minimum Gasteiger partial charge on any atom is -0.435 e. The fraction of sp³-hybridized carbons (Fsp3) is 0.917. The van der Waals surface area contributed by atoms with Crippen LogP contribution in [0.25, 0.3) is 0 Å². The van der Waals surface area contributed by atoms with Crippen molar-refractivity contribution < 1.29 is 23.7 Å². The van der Waals surface area contributed by atoms with Crippen LogP contribution in [-0.4, -0.2) is 43.3 Å². The van der Waals surface area contributed by atoms with Crippen LogP contribution in [-0.2, 0) is 23.7 Å². The molecule has 17 heavy (non-hydrogen) atoms. The highest BCUT2D eigenvalue weighted by Crippen LogP contribution is 2.50. The van der Waals surface area contributed by atoms with Gasteiger partial charge in [-0.3, -0.25) is 4.79 Å². The minimum atomic E-state index is -0.417. The van der Waals surface area contributed by atoms with Crippen LogP contribution in [0.1, 0.15) is 19.8 Å². The molecule has 4 aliphatic rings. The summed E-state index contributed by atoms with van der Waals surface area (Å²) in [5, 5.41) is 0. The molecule has 0 saturated carbocycles. The molecule has 0 aromatic carbocycles. The van der Waals surface area contributed by atoms with Gasteiger partial charge in [0.2, 0.25) is 6.29 Å². The monoisotopic (exact) mass is 240 g/mol. The van der Waals surface area contributed by atoms with Gasteiger partial charge < -0.3 is 18.9 Å². The van der Waals surface area contributed by atoms with E-state index in [1.807, 2.05) is 6.92 Å². The topological polar surface area (TPSA) is 57.3 Å². The summed E-state index contributed by atoms with van der Waals surface area (Å²) < 4.78 is 22.1. The summed E-state index contributed by atoms with van der Waals surface area (Å²) in [6.45, 7) is 2.53. The van der Waals surface area contributed by atoms with E-state index >= 15 is 0 Å². The minimum absolute atomic E-state index is 0.0715. The summed E-state index contributed by atoms with van der Waals surface area (Å²) >= 11 is 0. The van der Waals surface area contributed by atoms with E-state index in [1.165, 1.54) is 0 Å². The molecule has 4 rings (SSSR count). The molecule has 2 unspecified atom stereocenters. The first-order chi connectivity index (χ1) is 8.24. The van der Waals surface area contributed by atoms with Crippen LogP contribution in [0.3, 0.4) is 0 Å². The maximum Gasteiger partial charge on any atom is 0.314 e. The van der Waals surface area contributed by atoms with Crippen LogP contribution in [0.5, 0.6) is 0 Å². The van der Waals surface area contributed by atoms with E-state index in [9.17, 15) is 4.79 Å². The molecular weight excluding hydrogens is 224 g/mol. The molecule has 2 bridgehead atoms. The van der Waals surface area contributed by atoms with Gasteiger partial charge >= 0.3 is 5.97 Å². The summed E-state index contributed by atoms with van der Waals surface area (Å²) in [5.74, 6) is -0.122. The lowest BCUT2D eigenvalue weighted by atomic mass is 9.81. The van der Waals surface area contributed by atoms with Crippen molar-refractivity contribution >= 4 is 5.97 Å². The predicted molar refractivity (Wildman–Crippen MR) is 55.0 cm³/mol. The number of carbonyl (C=O) groups excluding carboxylic acids is 1. The third-order valence-electron chi connectivity index (χ3n) is 4.41. The molecule has 4 heterocycles. The maximum atomic E-state index is 11.8. The first kappa shape index (κ1) is 10.3. The second-order valence-electron chi connectivity index (χ2n) is 5.41. The summed E-state index contributed by atoms with van der Waals surface area (Å²) in [6.07, 6.45) is 2.27. The second kappa shape index (κ2) is 3.43. The molecule has 4 fully saturated rings. The molecule has 7 atom stereocenters. The van der Waals surface area contributed by atoms with Crippen LogP contribution in [0.2, 0.25) is 0 Å². The highest BCUT2D eigenvalue weighted by molar-refractivity contribution is 5.76. The predicted octanol–water partition coefficient (Wildman–Crippen LogP) is 0.467. The van der Waals surface area contributed by atoms with E-state index in [0.717, 1.165) is 12.8 Å². The van der Waals surface area contributed by atoms with Gasteiger partial charge in [0.05, 0.1) is 36.8 Å². The third kappa shape index (κ3) is 1.46. The maximum absolute atomic E-state index is 11.8. The average molecular weight is 240 g/mol. The lowest BCUT2D eigenvalue weighted by Crippen LogP contribution is -2.33. The zero-order chi connectivity index (χ0) is 11.6. The Labute approximate surface area is 99.3 Å². The van der Waals surface area contributed by atoms with E-state index in [-0.39, 0.29) is 42.2 Å². The lowest BCUT2D eigenvalue weighted by molar-refractivity contribution is -0.175. The Bertz CT molecular complexity index is 357. The zero-order valence-corrected chi connectivity index (χ0v) is 9.70. The highest BCUT2D eigenvalue weighted by Gasteiger charge is 2.61. The number of epoxide rings is 1. The highest BCUT2D eigenvalue weighted by atomic mass is 16.7. The van der Waals surface area contributed by atoms with E-state index < -0.39 is 6.29 Å². The molecule has 5 nitrogen and oxygen atoms in total. The largest absolute Gasteiger partial charge is 0.435 e. The Morgan fingerprint density at radius 3 is 2.82 bits per heavy atom. The molecule has 4 saturated heterocycles. The normalized spacial score (nSPS) is 54.9. The molecule has 0 spiro atoms. The number of hydrogen-bond acceptors (Lipinski definition) is 5. The van der Waals surface area contributed by atoms with Gasteiger partial charge in [-0.05, 0) is 19.8 Å². The van der Waals surface area contributed by atoms with Gasteiger partial charge in [-0.1, -0.05) is 0 Å². The first-order valence-electron chi connectivity index (χ1n) is 6.37. The lowest BCUT2D eigenvalue weighted by Gasteiger charge is -2.21. The van der Waals surface area contributed by atoms with Gasteiger partial charge in [-0.15, -0.1) is 0 Å². The van der Waals surface area contributed by atoms with E-state index in [2.05, 4.69) is 0 Å². The molecule has 4 aliphatic heterocycles. The fourth-order valence-electron chi connectivity index (χ4n) is 3.38. The van der Waals surface area contributed by atoms with Crippen molar-refractivity contribution in [1.29, 1.82) is 0 Å². The molecule has 0 aromatic heterocycles. The Kier molecular flexibility index (Phi) is 2.08. The Balaban J connectivity index is 1.44. The smallest absolute Gasteiger partial charge is 0.314 e. The summed E-state index contributed by atoms with van der Waals surface area (Å²) in [7, 11) is 0. The number of hydrogen-bond donors (Lipinski definition) is 0. The van der Waals surface area contributed by atoms with Crippen molar-refractivity contribution in [3.8, 4) is 0 Å². The van der Waals surface area contributed by atoms with E-state index in [4.69, 9.17) is 18.9 Å². The van der Waals surface area contributed by atoms with Gasteiger partial charge in [0.15, 0.2) is 0 Å². The quantitative estimate of drug-likeness (QED) is 0.530. The number of carbonyl (C=O) groups is 1. The molecule has 0 N–H and O–H groups in total. The summed E-state index contributed by atoms with van der Waals surface area (Å²) in [4.78, 5) is 11.8. The SMILES string of the molecule is CC1OC1CO[C@H]1OC(=O)[C@H]2[C@@H]1[C@@H]1CC[C@H]2O1. The summed E-state index contributed by atoms with van der Waals surface area (Å²) in [5.41, 5.74) is 0. The standard InChI is InChI=1S/C12H16O5/c1-5-8(15-5)4-14-12-10-7-3-2-6(16-7)9(10)11(13)17-12/h5-10,12H,2-4H2,1H3/t5?,6-,7+,8?,9-,10+,12+/m1/s1. The molecule has 5 heteroatoms. The second-order valence-corrected chi connectivity index (χ2v) is 5.41. The first-order valence-corrected chi connectivity index (χ1v) is 6.37. The zero-order valence-electron chi connectivity index (χ0n) is 9.70. The van der Waals surface area contributed by atoms with Gasteiger partial charge in [0, 0.05) is 0 Å². The van der Waals surface area contributed by atoms with Crippen LogP contribution in [0.15, 0.2) is 0 Å². The molecule has 0 radical (unpaired) electrons. The number of ether oxygens (including phenoxy) is 4. The van der Waals surface area contributed by atoms with Crippen molar-refractivity contribution in [2.24, 2.45) is 11.8 Å². The van der Waals surface area contributed by atoms with Crippen molar-refractivity contribution in [2.75, 3.05) is 6.61 Å². The Morgan fingerprint density at radius 2 is 2.06 bits per heavy atom. The van der Waals surface area contributed by atoms with Crippen LogP contribution in [0.4, 0.5) is 0 Å². The van der Waals surface area contributed by atoms with Crippen LogP contribution < -0.4 is 0 Å². The average Bonchev–Trinajstić information content (AvgIpc) is 2.75. The van der Waals surface area contributed by atoms with Crippen molar-refractivity contribution in [3.63, 3.8) is 0 Å². The Hall–Kier alpha value is -0.650. The molecular formula is C12H16O5.